The SMILES string of the molecule is CCNC(=O)c1cc2sc(C)cc2n1C. The predicted molar refractivity (Wildman–Crippen MR) is 63.5 cm³/mol. The highest BCUT2D eigenvalue weighted by molar-refractivity contribution is 7.19. The van der Waals surface area contributed by atoms with E-state index in [0.717, 1.165) is 11.2 Å². The van der Waals surface area contributed by atoms with Gasteiger partial charge in [0.1, 0.15) is 5.69 Å². The van der Waals surface area contributed by atoms with Crippen LogP contribution >= 0.6 is 11.3 Å². The summed E-state index contributed by atoms with van der Waals surface area (Å²) in [6.07, 6.45) is 0. The third-order valence-electron chi connectivity index (χ3n) is 2.42. The van der Waals surface area contributed by atoms with Crippen LogP contribution in [0.15, 0.2) is 12.1 Å². The molecule has 0 radical (unpaired) electrons. The van der Waals surface area contributed by atoms with E-state index in [2.05, 4.69) is 18.3 Å². The van der Waals surface area contributed by atoms with Crippen molar-refractivity contribution in [1.82, 2.24) is 9.88 Å². The Morgan fingerprint density at radius 3 is 2.87 bits per heavy atom. The molecule has 0 saturated carbocycles. The van der Waals surface area contributed by atoms with E-state index in [9.17, 15) is 4.79 Å². The quantitative estimate of drug-likeness (QED) is 0.831. The zero-order valence-electron chi connectivity index (χ0n) is 9.13. The van der Waals surface area contributed by atoms with Gasteiger partial charge in [0.25, 0.3) is 5.91 Å². The van der Waals surface area contributed by atoms with Crippen molar-refractivity contribution in [2.24, 2.45) is 7.05 Å². The van der Waals surface area contributed by atoms with Gasteiger partial charge >= 0.3 is 0 Å². The standard InChI is InChI=1S/C11H14N2OS/c1-4-12-11(14)9-6-10-8(13(9)3)5-7(2)15-10/h5-6H,4H2,1-3H3,(H,12,14). The molecule has 2 heterocycles. The molecule has 0 spiro atoms. The van der Waals surface area contributed by atoms with Crippen molar-refractivity contribution in [3.05, 3.63) is 22.7 Å². The molecule has 0 aliphatic rings. The molecule has 0 saturated heterocycles. The molecule has 2 aromatic rings. The summed E-state index contributed by atoms with van der Waals surface area (Å²) in [5.74, 6) is 0.000975. The van der Waals surface area contributed by atoms with Crippen LogP contribution in [0.4, 0.5) is 0 Å². The Labute approximate surface area is 92.7 Å². The minimum Gasteiger partial charge on any atom is -0.351 e. The maximum absolute atomic E-state index is 11.7. The number of fused-ring (bicyclic) bond motifs is 1. The minimum absolute atomic E-state index is 0.000975. The van der Waals surface area contributed by atoms with Crippen LogP contribution < -0.4 is 5.32 Å². The van der Waals surface area contributed by atoms with Crippen molar-refractivity contribution in [2.75, 3.05) is 6.54 Å². The predicted octanol–water partition coefficient (Wildman–Crippen LogP) is 2.30. The highest BCUT2D eigenvalue weighted by atomic mass is 32.1. The second kappa shape index (κ2) is 3.70. The monoisotopic (exact) mass is 222 g/mol. The van der Waals surface area contributed by atoms with Gasteiger partial charge in [-0.25, -0.2) is 0 Å². The fourth-order valence-electron chi connectivity index (χ4n) is 1.70. The number of aromatic nitrogens is 1. The minimum atomic E-state index is 0.000975. The smallest absolute Gasteiger partial charge is 0.267 e. The molecule has 15 heavy (non-hydrogen) atoms. The topological polar surface area (TPSA) is 34.0 Å². The number of nitrogens with zero attached hydrogens (tertiary/aromatic N) is 1. The van der Waals surface area contributed by atoms with E-state index in [1.165, 1.54) is 9.58 Å². The molecule has 0 aromatic carbocycles. The first-order valence-corrected chi connectivity index (χ1v) is 5.79. The summed E-state index contributed by atoms with van der Waals surface area (Å²) < 4.78 is 3.13. The van der Waals surface area contributed by atoms with Crippen LogP contribution in [0.3, 0.4) is 0 Å². The summed E-state index contributed by atoms with van der Waals surface area (Å²) in [5, 5.41) is 2.81. The number of amides is 1. The molecule has 3 nitrogen and oxygen atoms in total. The molecule has 0 unspecified atom stereocenters. The van der Waals surface area contributed by atoms with E-state index in [-0.39, 0.29) is 5.91 Å². The van der Waals surface area contributed by atoms with Gasteiger partial charge in [0.05, 0.1) is 10.2 Å². The molecule has 0 aliphatic heterocycles. The van der Waals surface area contributed by atoms with Gasteiger partial charge in [0.2, 0.25) is 0 Å². The average Bonchev–Trinajstić information content (AvgIpc) is 2.66. The Hall–Kier alpha value is -1.29. The number of nitrogens with one attached hydrogen (secondary N) is 1. The lowest BCUT2D eigenvalue weighted by atomic mass is 10.4. The van der Waals surface area contributed by atoms with Gasteiger partial charge in [-0.1, -0.05) is 0 Å². The van der Waals surface area contributed by atoms with Gasteiger partial charge in [-0.15, -0.1) is 11.3 Å². The fourth-order valence-corrected chi connectivity index (χ4v) is 2.69. The van der Waals surface area contributed by atoms with Crippen molar-refractivity contribution < 1.29 is 4.79 Å². The third kappa shape index (κ3) is 1.65. The molecule has 0 bridgehead atoms. The van der Waals surface area contributed by atoms with Crippen molar-refractivity contribution in [2.45, 2.75) is 13.8 Å². The molecule has 0 fully saturated rings. The Morgan fingerprint density at radius 1 is 1.53 bits per heavy atom. The summed E-state index contributed by atoms with van der Waals surface area (Å²) in [6, 6.07) is 4.07. The summed E-state index contributed by atoms with van der Waals surface area (Å²) in [4.78, 5) is 13.0. The van der Waals surface area contributed by atoms with Crippen molar-refractivity contribution in [3.63, 3.8) is 0 Å². The zero-order chi connectivity index (χ0) is 11.0. The van der Waals surface area contributed by atoms with Gasteiger partial charge in [-0.3, -0.25) is 4.79 Å². The highest BCUT2D eigenvalue weighted by Crippen LogP contribution is 2.27. The van der Waals surface area contributed by atoms with Crippen LogP contribution in [-0.4, -0.2) is 17.0 Å². The van der Waals surface area contributed by atoms with Gasteiger partial charge < -0.3 is 9.88 Å². The van der Waals surface area contributed by atoms with Gasteiger partial charge in [-0.05, 0) is 26.0 Å². The second-order valence-corrected chi connectivity index (χ2v) is 4.84. The second-order valence-electron chi connectivity index (χ2n) is 3.55. The lowest BCUT2D eigenvalue weighted by molar-refractivity contribution is 0.0948. The molecule has 2 aromatic heterocycles. The Morgan fingerprint density at radius 2 is 2.27 bits per heavy atom. The summed E-state index contributed by atoms with van der Waals surface area (Å²) >= 11 is 1.72. The van der Waals surface area contributed by atoms with E-state index in [0.29, 0.717) is 6.54 Å². The lowest BCUT2D eigenvalue weighted by Gasteiger charge is -2.03. The summed E-state index contributed by atoms with van der Waals surface area (Å²) in [6.45, 7) is 4.67. The molecule has 0 atom stereocenters. The maximum Gasteiger partial charge on any atom is 0.267 e. The summed E-state index contributed by atoms with van der Waals surface area (Å²) in [7, 11) is 1.93. The van der Waals surface area contributed by atoms with Crippen molar-refractivity contribution >= 4 is 27.5 Å². The zero-order valence-corrected chi connectivity index (χ0v) is 9.94. The van der Waals surface area contributed by atoms with Gasteiger partial charge in [0.15, 0.2) is 0 Å². The molecule has 0 aliphatic carbocycles. The molecule has 1 amide bonds. The Balaban J connectivity index is 2.49. The number of thiophene rings is 1. The van der Waals surface area contributed by atoms with Crippen molar-refractivity contribution in [3.8, 4) is 0 Å². The van der Waals surface area contributed by atoms with Crippen molar-refractivity contribution in [1.29, 1.82) is 0 Å². The Bertz CT molecular complexity index is 510. The van der Waals surface area contributed by atoms with E-state index < -0.39 is 0 Å². The van der Waals surface area contributed by atoms with Crippen LogP contribution in [0.2, 0.25) is 0 Å². The van der Waals surface area contributed by atoms with Crippen LogP contribution in [0.1, 0.15) is 22.3 Å². The van der Waals surface area contributed by atoms with Crippen LogP contribution in [0.5, 0.6) is 0 Å². The normalized spacial score (nSPS) is 10.9. The van der Waals surface area contributed by atoms with E-state index >= 15 is 0 Å². The molecule has 1 N–H and O–H groups in total. The average molecular weight is 222 g/mol. The number of carbonyl (C=O) groups excluding carboxylic acids is 1. The first kappa shape index (κ1) is 10.2. The third-order valence-corrected chi connectivity index (χ3v) is 3.41. The molecule has 4 heteroatoms. The summed E-state index contributed by atoms with van der Waals surface area (Å²) in [5.41, 5.74) is 1.87. The van der Waals surface area contributed by atoms with Gasteiger partial charge in [0, 0.05) is 18.5 Å². The van der Waals surface area contributed by atoms with Crippen LogP contribution in [-0.2, 0) is 7.05 Å². The first-order valence-electron chi connectivity index (χ1n) is 4.97. The maximum atomic E-state index is 11.7. The highest BCUT2D eigenvalue weighted by Gasteiger charge is 2.13. The van der Waals surface area contributed by atoms with Gasteiger partial charge in [-0.2, -0.15) is 0 Å². The van der Waals surface area contributed by atoms with E-state index in [1.807, 2.05) is 24.6 Å². The molecular formula is C11H14N2OS. The van der Waals surface area contributed by atoms with E-state index in [1.54, 1.807) is 11.3 Å². The number of aryl methyl sites for hydroxylation is 2. The molecule has 80 valence electrons. The molecular weight excluding hydrogens is 208 g/mol. The number of carbonyl (C=O) groups is 1. The first-order chi connectivity index (χ1) is 7.13. The lowest BCUT2D eigenvalue weighted by Crippen LogP contribution is -2.24. The number of hydrogen-bond donors (Lipinski definition) is 1. The number of hydrogen-bond acceptors (Lipinski definition) is 2. The van der Waals surface area contributed by atoms with Crippen LogP contribution in [0, 0.1) is 6.92 Å². The molecule has 2 rings (SSSR count). The van der Waals surface area contributed by atoms with E-state index in [4.69, 9.17) is 0 Å². The largest absolute Gasteiger partial charge is 0.351 e. The van der Waals surface area contributed by atoms with Crippen LogP contribution in [0.25, 0.3) is 10.2 Å². The number of rotatable bonds is 2. The fraction of sp³-hybridized carbons (Fsp3) is 0.364. The Kier molecular flexibility index (Phi) is 2.52.